The minimum absolute atomic E-state index is 0.190. The van der Waals surface area contributed by atoms with Gasteiger partial charge in [0, 0.05) is 24.2 Å². The van der Waals surface area contributed by atoms with E-state index >= 15 is 0 Å². The fourth-order valence-electron chi connectivity index (χ4n) is 3.31. The second-order valence-electron chi connectivity index (χ2n) is 8.28. The van der Waals surface area contributed by atoms with Gasteiger partial charge in [-0.2, -0.15) is 5.26 Å². The number of hydrogen-bond acceptors (Lipinski definition) is 7. The maximum Gasteiger partial charge on any atom is 0.335 e. The van der Waals surface area contributed by atoms with Crippen LogP contribution in [0.2, 0.25) is 0 Å². The van der Waals surface area contributed by atoms with Gasteiger partial charge in [0.1, 0.15) is 5.75 Å². The average molecular weight is 485 g/mol. The molecule has 5 N–H and O–H groups in total. The summed E-state index contributed by atoms with van der Waals surface area (Å²) in [6, 6.07) is 18.0. The molecule has 0 aliphatic carbocycles. The Labute approximate surface area is 204 Å². The zero-order chi connectivity index (χ0) is 26.7. The Morgan fingerprint density at radius 3 is 1.89 bits per heavy atom. The average Bonchev–Trinajstić information content (AvgIpc) is 2.81. The van der Waals surface area contributed by atoms with Crippen LogP contribution >= 0.6 is 0 Å². The number of carboxylic acids is 2. The van der Waals surface area contributed by atoms with E-state index in [1.54, 1.807) is 18.2 Å². The van der Waals surface area contributed by atoms with Gasteiger partial charge in [-0.3, -0.25) is 4.90 Å². The van der Waals surface area contributed by atoms with Crippen LogP contribution in [0.5, 0.6) is 5.75 Å². The Kier molecular flexibility index (Phi) is 11.6. The maximum atomic E-state index is 10.4. The van der Waals surface area contributed by atoms with Crippen molar-refractivity contribution < 1.29 is 35.1 Å². The molecule has 35 heavy (non-hydrogen) atoms. The lowest BCUT2D eigenvalue weighted by atomic mass is 9.95. The van der Waals surface area contributed by atoms with Gasteiger partial charge in [0.05, 0.1) is 11.6 Å². The van der Waals surface area contributed by atoms with E-state index in [9.17, 15) is 20.0 Å². The summed E-state index contributed by atoms with van der Waals surface area (Å²) >= 11 is 0. The zero-order valence-electron chi connectivity index (χ0n) is 20.2. The van der Waals surface area contributed by atoms with Crippen LogP contribution in [0.15, 0.2) is 54.6 Å². The highest BCUT2D eigenvalue weighted by Gasteiger charge is 2.29. The van der Waals surface area contributed by atoms with Crippen molar-refractivity contribution in [2.24, 2.45) is 0 Å². The molecule has 9 nitrogen and oxygen atoms in total. The third kappa shape index (κ3) is 8.87. The van der Waals surface area contributed by atoms with Crippen molar-refractivity contribution in [2.45, 2.75) is 52.0 Å². The third-order valence-electron chi connectivity index (χ3n) is 5.14. The van der Waals surface area contributed by atoms with Gasteiger partial charge in [0.25, 0.3) is 0 Å². The summed E-state index contributed by atoms with van der Waals surface area (Å²) in [5.74, 6) is -3.35. The number of aliphatic hydroxyl groups is 2. The van der Waals surface area contributed by atoms with Crippen LogP contribution in [0.1, 0.15) is 44.4 Å². The Morgan fingerprint density at radius 2 is 1.46 bits per heavy atom. The first-order valence-corrected chi connectivity index (χ1v) is 11.0. The molecule has 2 aromatic carbocycles. The highest BCUT2D eigenvalue weighted by molar-refractivity contribution is 5.83. The number of aliphatic hydroxyl groups excluding tert-OH is 2. The van der Waals surface area contributed by atoms with E-state index in [0.717, 1.165) is 17.7 Å². The third-order valence-corrected chi connectivity index (χ3v) is 5.14. The molecule has 0 radical (unpaired) electrons. The van der Waals surface area contributed by atoms with Crippen molar-refractivity contribution >= 4 is 17.5 Å². The molecular weight excluding hydrogens is 452 g/mol. The molecule has 0 aliphatic rings. The van der Waals surface area contributed by atoms with E-state index < -0.39 is 24.1 Å². The maximum absolute atomic E-state index is 10.4. The van der Waals surface area contributed by atoms with E-state index in [1.165, 1.54) is 0 Å². The molecule has 0 fully saturated rings. The lowest BCUT2D eigenvalue weighted by molar-refractivity contribution is -0.165. The van der Waals surface area contributed by atoms with Crippen LogP contribution in [0.4, 0.5) is 0 Å². The predicted molar refractivity (Wildman–Crippen MR) is 131 cm³/mol. The van der Waals surface area contributed by atoms with E-state index in [1.807, 2.05) is 30.3 Å². The first-order chi connectivity index (χ1) is 16.4. The van der Waals surface area contributed by atoms with Gasteiger partial charge in [0.2, 0.25) is 0 Å². The number of benzene rings is 2. The Morgan fingerprint density at radius 1 is 0.943 bits per heavy atom. The van der Waals surface area contributed by atoms with Crippen LogP contribution in [0.25, 0.3) is 5.57 Å². The summed E-state index contributed by atoms with van der Waals surface area (Å²) in [7, 11) is 0. The SMILES string of the molecule is CC(C)N(C/C=C(/c1ccccc1)c1cc(C#N)ccc1O)C(C)C.O=C(O)C(O)C(O)C(=O)O. The van der Waals surface area contributed by atoms with E-state index in [-0.39, 0.29) is 5.75 Å². The topological polar surface area (TPSA) is 162 Å². The van der Waals surface area contributed by atoms with Crippen molar-refractivity contribution in [3.63, 3.8) is 0 Å². The molecule has 0 spiro atoms. The quantitative estimate of drug-likeness (QED) is 0.360. The van der Waals surface area contributed by atoms with Crippen LogP contribution < -0.4 is 0 Å². The van der Waals surface area contributed by atoms with Crippen molar-refractivity contribution in [3.8, 4) is 11.8 Å². The molecule has 0 saturated heterocycles. The predicted octanol–water partition coefficient (Wildman–Crippen LogP) is 2.69. The number of nitrogens with zero attached hydrogens (tertiary/aromatic N) is 2. The minimum Gasteiger partial charge on any atom is -0.507 e. The first kappa shape index (κ1) is 29.3. The number of rotatable bonds is 9. The molecule has 0 aliphatic heterocycles. The van der Waals surface area contributed by atoms with Crippen molar-refractivity contribution in [1.29, 1.82) is 5.26 Å². The normalized spacial score (nSPS) is 13.1. The smallest absolute Gasteiger partial charge is 0.335 e. The summed E-state index contributed by atoms with van der Waals surface area (Å²) in [6.07, 6.45) is -2.39. The number of phenols is 1. The summed E-state index contributed by atoms with van der Waals surface area (Å²) in [5.41, 5.74) is 3.21. The molecule has 2 atom stereocenters. The van der Waals surface area contributed by atoms with E-state index in [2.05, 4.69) is 44.7 Å². The van der Waals surface area contributed by atoms with Crippen molar-refractivity contribution in [3.05, 3.63) is 71.3 Å². The molecule has 2 rings (SSSR count). The number of nitriles is 1. The fourth-order valence-corrected chi connectivity index (χ4v) is 3.31. The van der Waals surface area contributed by atoms with Gasteiger partial charge in [0.15, 0.2) is 12.2 Å². The Hall–Kier alpha value is -3.71. The van der Waals surface area contributed by atoms with Crippen LogP contribution in [0.3, 0.4) is 0 Å². The van der Waals surface area contributed by atoms with Crippen molar-refractivity contribution in [1.82, 2.24) is 4.90 Å². The molecule has 0 aromatic heterocycles. The molecule has 0 heterocycles. The summed E-state index contributed by atoms with van der Waals surface area (Å²) in [6.45, 7) is 9.51. The zero-order valence-corrected chi connectivity index (χ0v) is 20.2. The van der Waals surface area contributed by atoms with E-state index in [0.29, 0.717) is 23.2 Å². The monoisotopic (exact) mass is 484 g/mol. The number of aliphatic carboxylic acids is 2. The number of carboxylic acid groups (broad SMARTS) is 2. The molecule has 0 amide bonds. The van der Waals surface area contributed by atoms with Gasteiger partial charge in [-0.15, -0.1) is 0 Å². The minimum atomic E-state index is -2.27. The summed E-state index contributed by atoms with van der Waals surface area (Å²) in [4.78, 5) is 21.9. The van der Waals surface area contributed by atoms with Crippen LogP contribution in [-0.2, 0) is 9.59 Å². The van der Waals surface area contributed by atoms with Crippen LogP contribution in [0, 0.1) is 11.3 Å². The van der Waals surface area contributed by atoms with Gasteiger partial charge in [-0.25, -0.2) is 9.59 Å². The second-order valence-corrected chi connectivity index (χ2v) is 8.28. The Bertz CT molecular complexity index is 1030. The number of phenolic OH excluding ortho intramolecular Hbond substituents is 1. The molecule has 9 heteroatoms. The standard InChI is InChI=1S/C22H26N2O.C4H6O6/c1-16(2)24(17(3)4)13-12-20(19-8-6-5-7-9-19)21-14-18(15-23)10-11-22(21)25;5-1(3(7)8)2(6)4(9)10/h5-12,14,16-17,25H,13H2,1-4H3;1-2,5-6H,(H,7,8)(H,9,10)/b20-12-;. The van der Waals surface area contributed by atoms with E-state index in [4.69, 9.17) is 20.4 Å². The number of hydrogen-bond donors (Lipinski definition) is 5. The largest absolute Gasteiger partial charge is 0.507 e. The fraction of sp³-hybridized carbons (Fsp3) is 0.346. The van der Waals surface area contributed by atoms with Crippen molar-refractivity contribution in [2.75, 3.05) is 6.54 Å². The molecule has 2 unspecified atom stereocenters. The highest BCUT2D eigenvalue weighted by atomic mass is 16.4. The summed E-state index contributed by atoms with van der Waals surface area (Å²) < 4.78 is 0. The summed E-state index contributed by atoms with van der Waals surface area (Å²) in [5, 5.41) is 52.1. The van der Waals surface area contributed by atoms with Gasteiger partial charge >= 0.3 is 11.9 Å². The highest BCUT2D eigenvalue weighted by Crippen LogP contribution is 2.31. The molecule has 0 saturated carbocycles. The Balaban J connectivity index is 0.000000518. The molecule has 2 aromatic rings. The second kappa shape index (κ2) is 13.9. The number of carbonyl (C=O) groups is 2. The van der Waals surface area contributed by atoms with Gasteiger partial charge in [-0.1, -0.05) is 36.4 Å². The molecular formula is C26H32N2O7. The van der Waals surface area contributed by atoms with Gasteiger partial charge < -0.3 is 25.5 Å². The lowest BCUT2D eigenvalue weighted by Crippen LogP contribution is -2.39. The number of aromatic hydroxyl groups is 1. The first-order valence-electron chi connectivity index (χ1n) is 11.0. The lowest BCUT2D eigenvalue weighted by Gasteiger charge is -2.29. The molecule has 188 valence electrons. The van der Waals surface area contributed by atoms with Crippen LogP contribution in [-0.4, -0.2) is 73.2 Å². The van der Waals surface area contributed by atoms with Gasteiger partial charge in [-0.05, 0) is 57.0 Å². The molecule has 0 bridgehead atoms.